The predicted octanol–water partition coefficient (Wildman–Crippen LogP) is 1.85. The fourth-order valence-corrected chi connectivity index (χ4v) is 3.45. The molecule has 132 valence electrons. The maximum absolute atomic E-state index is 12.1. The molecule has 1 heterocycles. The van der Waals surface area contributed by atoms with Gasteiger partial charge in [-0.3, -0.25) is 9.78 Å². The second-order valence-corrected chi connectivity index (χ2v) is 8.07. The average Bonchev–Trinajstić information content (AvgIpc) is 2.57. The summed E-state index contributed by atoms with van der Waals surface area (Å²) in [5.74, 6) is -0.296. The summed E-state index contributed by atoms with van der Waals surface area (Å²) in [6.07, 6.45) is 11.8. The van der Waals surface area contributed by atoms with Crippen molar-refractivity contribution in [3.8, 4) is 0 Å². The summed E-state index contributed by atoms with van der Waals surface area (Å²) in [5.41, 5.74) is 2.23. The van der Waals surface area contributed by atoms with Gasteiger partial charge in [0.2, 0.25) is 15.9 Å². The Labute approximate surface area is 144 Å². The van der Waals surface area contributed by atoms with Gasteiger partial charge in [-0.2, -0.15) is 4.31 Å². The number of carbonyl (C=O) groups excluding carboxylic acids is 1. The normalized spacial score (nSPS) is 15.2. The minimum absolute atomic E-state index is 0.142. The lowest BCUT2D eigenvalue weighted by Gasteiger charge is -2.21. The van der Waals surface area contributed by atoms with Gasteiger partial charge < -0.3 is 5.32 Å². The molecule has 0 radical (unpaired) electrons. The molecular weight excluding hydrogens is 326 g/mol. The van der Waals surface area contributed by atoms with E-state index in [1.807, 2.05) is 12.1 Å². The Morgan fingerprint density at radius 1 is 1.29 bits per heavy atom. The van der Waals surface area contributed by atoms with E-state index < -0.39 is 10.0 Å². The standard InChI is InChI=1S/C17H25N3O3S/c1-24(22,23)20(12-9-15-5-3-2-4-6-15)14-17(21)19-13-16-7-10-18-11-8-16/h5,7-8,10-11H,2-4,6,9,12-14H2,1H3,(H,19,21). The fourth-order valence-electron chi connectivity index (χ4n) is 2.68. The Hall–Kier alpha value is -1.73. The van der Waals surface area contributed by atoms with Crippen molar-refractivity contribution < 1.29 is 13.2 Å². The molecule has 0 bridgehead atoms. The third kappa shape index (κ3) is 6.41. The monoisotopic (exact) mass is 351 g/mol. The number of nitrogens with one attached hydrogen (secondary N) is 1. The molecule has 24 heavy (non-hydrogen) atoms. The zero-order valence-corrected chi connectivity index (χ0v) is 14.9. The van der Waals surface area contributed by atoms with Crippen LogP contribution in [0.3, 0.4) is 0 Å². The van der Waals surface area contributed by atoms with Crippen molar-refractivity contribution in [2.75, 3.05) is 19.3 Å². The summed E-state index contributed by atoms with van der Waals surface area (Å²) in [6, 6.07) is 3.62. The molecule has 1 amide bonds. The van der Waals surface area contributed by atoms with Gasteiger partial charge in [0.1, 0.15) is 0 Å². The van der Waals surface area contributed by atoms with E-state index in [1.54, 1.807) is 12.4 Å². The van der Waals surface area contributed by atoms with Gasteiger partial charge >= 0.3 is 0 Å². The summed E-state index contributed by atoms with van der Waals surface area (Å²) in [7, 11) is -3.41. The molecule has 0 saturated heterocycles. The predicted molar refractivity (Wildman–Crippen MR) is 93.7 cm³/mol. The average molecular weight is 351 g/mol. The van der Waals surface area contributed by atoms with Crippen LogP contribution in [0.1, 0.15) is 37.7 Å². The van der Waals surface area contributed by atoms with Gasteiger partial charge in [-0.25, -0.2) is 8.42 Å². The number of rotatable bonds is 8. The number of carbonyl (C=O) groups is 1. The molecule has 0 unspecified atom stereocenters. The molecule has 0 atom stereocenters. The topological polar surface area (TPSA) is 79.4 Å². The van der Waals surface area contributed by atoms with Crippen molar-refractivity contribution in [3.05, 3.63) is 41.7 Å². The second-order valence-electron chi connectivity index (χ2n) is 6.09. The van der Waals surface area contributed by atoms with Crippen molar-refractivity contribution in [1.29, 1.82) is 0 Å². The third-order valence-electron chi connectivity index (χ3n) is 4.10. The molecule has 7 heteroatoms. The van der Waals surface area contributed by atoms with Gasteiger partial charge in [0.05, 0.1) is 12.8 Å². The van der Waals surface area contributed by atoms with E-state index in [0.29, 0.717) is 19.5 Å². The van der Waals surface area contributed by atoms with Crippen molar-refractivity contribution in [3.63, 3.8) is 0 Å². The molecule has 1 aromatic rings. The van der Waals surface area contributed by atoms with Crippen molar-refractivity contribution in [2.24, 2.45) is 0 Å². The van der Waals surface area contributed by atoms with E-state index in [9.17, 15) is 13.2 Å². The van der Waals surface area contributed by atoms with Crippen LogP contribution in [0.25, 0.3) is 0 Å². The van der Waals surface area contributed by atoms with Crippen LogP contribution in [0.5, 0.6) is 0 Å². The molecule has 6 nitrogen and oxygen atoms in total. The third-order valence-corrected chi connectivity index (χ3v) is 5.35. The lowest BCUT2D eigenvalue weighted by Crippen LogP contribution is -2.40. The largest absolute Gasteiger partial charge is 0.351 e. The van der Waals surface area contributed by atoms with Crippen molar-refractivity contribution in [2.45, 2.75) is 38.6 Å². The van der Waals surface area contributed by atoms with Crippen LogP contribution in [0.2, 0.25) is 0 Å². The molecule has 1 N–H and O–H groups in total. The first kappa shape index (κ1) is 18.6. The highest BCUT2D eigenvalue weighted by atomic mass is 32.2. The van der Waals surface area contributed by atoms with E-state index in [0.717, 1.165) is 31.1 Å². The first-order valence-electron chi connectivity index (χ1n) is 8.24. The highest BCUT2D eigenvalue weighted by Gasteiger charge is 2.20. The Morgan fingerprint density at radius 2 is 2.04 bits per heavy atom. The van der Waals surface area contributed by atoms with Crippen LogP contribution in [0, 0.1) is 0 Å². The van der Waals surface area contributed by atoms with Crippen LogP contribution in [-0.2, 0) is 21.4 Å². The molecule has 2 rings (SSSR count). The molecule has 1 aromatic heterocycles. The summed E-state index contributed by atoms with van der Waals surface area (Å²) >= 11 is 0. The van der Waals surface area contributed by atoms with Crippen LogP contribution >= 0.6 is 0 Å². The van der Waals surface area contributed by atoms with Gasteiger partial charge in [0.15, 0.2) is 0 Å². The van der Waals surface area contributed by atoms with Crippen LogP contribution in [0.15, 0.2) is 36.2 Å². The Morgan fingerprint density at radius 3 is 2.67 bits per heavy atom. The van der Waals surface area contributed by atoms with Crippen molar-refractivity contribution >= 4 is 15.9 Å². The summed E-state index contributed by atoms with van der Waals surface area (Å²) in [5, 5.41) is 2.75. The van der Waals surface area contributed by atoms with Gasteiger partial charge in [-0.05, 0) is 49.8 Å². The number of aromatic nitrogens is 1. The highest BCUT2D eigenvalue weighted by Crippen LogP contribution is 2.20. The lowest BCUT2D eigenvalue weighted by atomic mass is 9.97. The second kappa shape index (κ2) is 8.94. The van der Waals surface area contributed by atoms with E-state index in [4.69, 9.17) is 0 Å². The number of pyridine rings is 1. The number of hydrogen-bond acceptors (Lipinski definition) is 4. The Bertz CT molecular complexity index is 672. The Kier molecular flexibility index (Phi) is 6.93. The van der Waals surface area contributed by atoms with Crippen molar-refractivity contribution in [1.82, 2.24) is 14.6 Å². The summed E-state index contributed by atoms with van der Waals surface area (Å²) in [4.78, 5) is 16.0. The summed E-state index contributed by atoms with van der Waals surface area (Å²) in [6.45, 7) is 0.578. The summed E-state index contributed by atoms with van der Waals surface area (Å²) < 4.78 is 25.1. The zero-order chi connectivity index (χ0) is 17.4. The molecule has 0 aromatic carbocycles. The van der Waals surface area contributed by atoms with Crippen LogP contribution in [-0.4, -0.2) is 43.0 Å². The first-order chi connectivity index (χ1) is 11.4. The minimum Gasteiger partial charge on any atom is -0.351 e. The smallest absolute Gasteiger partial charge is 0.235 e. The molecule has 0 aliphatic heterocycles. The van der Waals surface area contributed by atoms with E-state index in [-0.39, 0.29) is 12.5 Å². The molecule has 0 saturated carbocycles. The maximum Gasteiger partial charge on any atom is 0.235 e. The number of nitrogens with zero attached hydrogens (tertiary/aromatic N) is 2. The van der Waals surface area contributed by atoms with Gasteiger partial charge in [-0.1, -0.05) is 11.6 Å². The number of hydrogen-bond donors (Lipinski definition) is 1. The fraction of sp³-hybridized carbons (Fsp3) is 0.529. The van der Waals surface area contributed by atoms with Gasteiger partial charge in [0, 0.05) is 25.5 Å². The van der Waals surface area contributed by atoms with Crippen LogP contribution in [0.4, 0.5) is 0 Å². The lowest BCUT2D eigenvalue weighted by molar-refractivity contribution is -0.121. The molecular formula is C17H25N3O3S. The van der Waals surface area contributed by atoms with Gasteiger partial charge in [-0.15, -0.1) is 0 Å². The highest BCUT2D eigenvalue weighted by molar-refractivity contribution is 7.88. The number of sulfonamides is 1. The van der Waals surface area contributed by atoms with E-state index in [1.165, 1.54) is 16.3 Å². The number of allylic oxidation sites excluding steroid dienone is 1. The number of amides is 1. The maximum atomic E-state index is 12.1. The minimum atomic E-state index is -3.41. The van der Waals surface area contributed by atoms with Crippen LogP contribution < -0.4 is 5.32 Å². The molecule has 0 fully saturated rings. The Balaban J connectivity index is 1.86. The first-order valence-corrected chi connectivity index (χ1v) is 10.1. The SMILES string of the molecule is CS(=O)(=O)N(CCC1=CCCCC1)CC(=O)NCc1ccncc1. The molecule has 1 aliphatic rings. The van der Waals surface area contributed by atoms with E-state index >= 15 is 0 Å². The molecule has 1 aliphatic carbocycles. The zero-order valence-electron chi connectivity index (χ0n) is 14.1. The van der Waals surface area contributed by atoms with E-state index in [2.05, 4.69) is 16.4 Å². The quantitative estimate of drug-likeness (QED) is 0.725. The molecule has 0 spiro atoms. The van der Waals surface area contributed by atoms with Gasteiger partial charge in [0.25, 0.3) is 0 Å².